The zero-order chi connectivity index (χ0) is 15.4. The van der Waals surface area contributed by atoms with Crippen molar-refractivity contribution in [2.24, 2.45) is 5.73 Å². The minimum Gasteiger partial charge on any atom is -0.370 e. The average molecular weight is 323 g/mol. The molecule has 0 bridgehead atoms. The van der Waals surface area contributed by atoms with Crippen molar-refractivity contribution in [3.05, 3.63) is 51.2 Å². The van der Waals surface area contributed by atoms with Crippen molar-refractivity contribution in [3.8, 4) is 0 Å². The Labute approximate surface area is 136 Å². The minimum atomic E-state index is 0.155. The van der Waals surface area contributed by atoms with Crippen molar-refractivity contribution in [2.45, 2.75) is 38.8 Å². The minimum absolute atomic E-state index is 0.155. The van der Waals surface area contributed by atoms with Gasteiger partial charge in [-0.2, -0.15) is 0 Å². The molecule has 2 nitrogen and oxygen atoms in total. The first-order chi connectivity index (χ1) is 9.97. The van der Waals surface area contributed by atoms with Gasteiger partial charge in [-0.15, -0.1) is 11.3 Å². The lowest BCUT2D eigenvalue weighted by molar-refractivity contribution is 0.688. The number of nitrogens with zero attached hydrogens (tertiary/aromatic N) is 1. The third-order valence-electron chi connectivity index (χ3n) is 3.69. The monoisotopic (exact) mass is 322 g/mol. The Hall–Kier alpha value is -1.03. The van der Waals surface area contributed by atoms with Crippen molar-refractivity contribution in [3.63, 3.8) is 0 Å². The van der Waals surface area contributed by atoms with Crippen molar-refractivity contribution < 1.29 is 0 Å². The van der Waals surface area contributed by atoms with Gasteiger partial charge in [-0.3, -0.25) is 0 Å². The summed E-state index contributed by atoms with van der Waals surface area (Å²) in [7, 11) is 2.10. The van der Waals surface area contributed by atoms with Gasteiger partial charge in [0.05, 0.1) is 10.7 Å². The maximum Gasteiger partial charge on any atom is 0.0642 e. The Kier molecular flexibility index (Phi) is 5.68. The number of benzene rings is 1. The molecule has 1 aromatic heterocycles. The highest BCUT2D eigenvalue weighted by Crippen LogP contribution is 2.29. The summed E-state index contributed by atoms with van der Waals surface area (Å²) in [6.07, 6.45) is 1.89. The number of rotatable bonds is 6. The second kappa shape index (κ2) is 7.30. The van der Waals surface area contributed by atoms with Crippen molar-refractivity contribution in [2.75, 3.05) is 11.9 Å². The molecule has 0 aliphatic heterocycles. The SMILES string of the molecule is CC(N)Cc1ccc(N(C)C(C)Cc2cccs2)c(Cl)c1. The van der Waals surface area contributed by atoms with Crippen molar-refractivity contribution in [1.29, 1.82) is 0 Å². The van der Waals surface area contributed by atoms with Crippen LogP contribution in [0.5, 0.6) is 0 Å². The van der Waals surface area contributed by atoms with E-state index >= 15 is 0 Å². The van der Waals surface area contributed by atoms with E-state index in [2.05, 4.69) is 48.5 Å². The molecule has 0 saturated carbocycles. The zero-order valence-corrected chi connectivity index (χ0v) is 14.4. The molecule has 0 spiro atoms. The van der Waals surface area contributed by atoms with E-state index in [1.165, 1.54) is 10.4 Å². The predicted molar refractivity (Wildman–Crippen MR) is 94.7 cm³/mol. The van der Waals surface area contributed by atoms with Gasteiger partial charge in [0.25, 0.3) is 0 Å². The summed E-state index contributed by atoms with van der Waals surface area (Å²) in [6, 6.07) is 11.1. The lowest BCUT2D eigenvalue weighted by Crippen LogP contribution is -2.30. The number of hydrogen-bond donors (Lipinski definition) is 1. The number of halogens is 1. The lowest BCUT2D eigenvalue weighted by Gasteiger charge is -2.28. The summed E-state index contributed by atoms with van der Waals surface area (Å²) in [6.45, 7) is 4.24. The van der Waals surface area contributed by atoms with Gasteiger partial charge >= 0.3 is 0 Å². The molecular formula is C17H23ClN2S. The van der Waals surface area contributed by atoms with E-state index in [9.17, 15) is 0 Å². The maximum atomic E-state index is 6.45. The van der Waals surface area contributed by atoms with E-state index in [0.717, 1.165) is 23.6 Å². The summed E-state index contributed by atoms with van der Waals surface area (Å²) in [5.74, 6) is 0. The second-order valence-corrected chi connectivity index (χ2v) is 7.15. The number of hydrogen-bond acceptors (Lipinski definition) is 3. The van der Waals surface area contributed by atoms with Crippen LogP contribution in [0.4, 0.5) is 5.69 Å². The van der Waals surface area contributed by atoms with Gasteiger partial charge in [0, 0.05) is 30.4 Å². The number of likely N-dealkylation sites (N-methyl/N-ethyl adjacent to an activating group) is 1. The molecule has 2 unspecified atom stereocenters. The van der Waals surface area contributed by atoms with Crippen LogP contribution in [0.1, 0.15) is 24.3 Å². The van der Waals surface area contributed by atoms with Crippen LogP contribution in [0.3, 0.4) is 0 Å². The highest BCUT2D eigenvalue weighted by molar-refractivity contribution is 7.09. The molecule has 0 fully saturated rings. The molecule has 114 valence electrons. The maximum absolute atomic E-state index is 6.45. The highest BCUT2D eigenvalue weighted by Gasteiger charge is 2.14. The molecular weight excluding hydrogens is 300 g/mol. The van der Waals surface area contributed by atoms with Gasteiger partial charge in [0.2, 0.25) is 0 Å². The van der Waals surface area contributed by atoms with Gasteiger partial charge in [-0.1, -0.05) is 23.7 Å². The molecule has 0 saturated heterocycles. The van der Waals surface area contributed by atoms with E-state index < -0.39 is 0 Å². The first-order valence-electron chi connectivity index (χ1n) is 7.26. The van der Waals surface area contributed by atoms with Gasteiger partial charge < -0.3 is 10.6 Å². The first kappa shape index (κ1) is 16.3. The Balaban J connectivity index is 2.09. The molecule has 2 atom stereocenters. The standard InChI is InChI=1S/C17H23ClN2S/c1-12(19)9-14-6-7-17(16(18)11-14)20(3)13(2)10-15-5-4-8-21-15/h4-8,11-13H,9-10,19H2,1-3H3. The van der Waals surface area contributed by atoms with Crippen molar-refractivity contribution in [1.82, 2.24) is 0 Å². The number of thiophene rings is 1. The average Bonchev–Trinajstić information content (AvgIpc) is 2.90. The largest absolute Gasteiger partial charge is 0.370 e. The molecule has 1 aromatic carbocycles. The fraction of sp³-hybridized carbons (Fsp3) is 0.412. The molecule has 2 aromatic rings. The van der Waals surface area contributed by atoms with Gasteiger partial charge in [0.1, 0.15) is 0 Å². The van der Waals surface area contributed by atoms with Crippen LogP contribution in [-0.4, -0.2) is 19.1 Å². The van der Waals surface area contributed by atoms with E-state index in [0.29, 0.717) is 6.04 Å². The second-order valence-electron chi connectivity index (χ2n) is 5.71. The summed E-state index contributed by atoms with van der Waals surface area (Å²) in [5, 5.41) is 2.92. The normalized spacial score (nSPS) is 14.0. The highest BCUT2D eigenvalue weighted by atomic mass is 35.5. The Morgan fingerprint density at radius 2 is 2.00 bits per heavy atom. The lowest BCUT2D eigenvalue weighted by atomic mass is 10.1. The van der Waals surface area contributed by atoms with Crippen molar-refractivity contribution >= 4 is 28.6 Å². The number of nitrogens with two attached hydrogens (primary N) is 1. The quantitative estimate of drug-likeness (QED) is 0.856. The predicted octanol–water partition coefficient (Wildman–Crippen LogP) is 4.36. The molecule has 4 heteroatoms. The molecule has 2 rings (SSSR count). The van der Waals surface area contributed by atoms with Crippen LogP contribution in [0, 0.1) is 0 Å². The summed E-state index contributed by atoms with van der Waals surface area (Å²) in [5.41, 5.74) is 8.11. The molecule has 21 heavy (non-hydrogen) atoms. The number of anilines is 1. The molecule has 2 N–H and O–H groups in total. The van der Waals surface area contributed by atoms with Crippen LogP contribution in [0.15, 0.2) is 35.7 Å². The topological polar surface area (TPSA) is 29.3 Å². The Bertz CT molecular complexity index is 566. The summed E-state index contributed by atoms with van der Waals surface area (Å²) < 4.78 is 0. The third kappa shape index (κ3) is 4.47. The van der Waals surface area contributed by atoms with E-state index in [4.69, 9.17) is 17.3 Å². The summed E-state index contributed by atoms with van der Waals surface area (Å²) in [4.78, 5) is 3.65. The van der Waals surface area contributed by atoms with E-state index in [-0.39, 0.29) is 6.04 Å². The smallest absolute Gasteiger partial charge is 0.0642 e. The van der Waals surface area contributed by atoms with E-state index in [1.54, 1.807) is 11.3 Å². The summed E-state index contributed by atoms with van der Waals surface area (Å²) >= 11 is 8.26. The van der Waals surface area contributed by atoms with Crippen LogP contribution in [-0.2, 0) is 12.8 Å². The van der Waals surface area contributed by atoms with Gasteiger partial charge in [-0.05, 0) is 49.4 Å². The van der Waals surface area contributed by atoms with Gasteiger partial charge in [-0.25, -0.2) is 0 Å². The van der Waals surface area contributed by atoms with Crippen LogP contribution in [0.2, 0.25) is 5.02 Å². The van der Waals surface area contributed by atoms with Gasteiger partial charge in [0.15, 0.2) is 0 Å². The van der Waals surface area contributed by atoms with Crippen LogP contribution < -0.4 is 10.6 Å². The molecule has 0 aliphatic carbocycles. The van der Waals surface area contributed by atoms with Crippen LogP contribution in [0.25, 0.3) is 0 Å². The third-order valence-corrected chi connectivity index (χ3v) is 4.89. The Morgan fingerprint density at radius 1 is 1.24 bits per heavy atom. The molecule has 1 heterocycles. The molecule has 0 radical (unpaired) electrons. The fourth-order valence-electron chi connectivity index (χ4n) is 2.43. The Morgan fingerprint density at radius 3 is 2.57 bits per heavy atom. The molecule has 0 aliphatic rings. The van der Waals surface area contributed by atoms with E-state index in [1.807, 2.05) is 13.0 Å². The fourth-order valence-corrected chi connectivity index (χ4v) is 3.59. The van der Waals surface area contributed by atoms with Crippen LogP contribution >= 0.6 is 22.9 Å². The zero-order valence-electron chi connectivity index (χ0n) is 12.8. The molecule has 0 amide bonds. The first-order valence-corrected chi connectivity index (χ1v) is 8.52.